The van der Waals surface area contributed by atoms with E-state index in [-0.39, 0.29) is 23.5 Å². The summed E-state index contributed by atoms with van der Waals surface area (Å²) in [6.07, 6.45) is 0.156. The molecule has 20 heavy (non-hydrogen) atoms. The standard InChI is InChI=1S/C14H14FNO4/c1-7(2)5-11(14(19)20)16-12(17)9-4-3-8(15)6-10(9)13(16)18/h3-4,6-7,11H,5H2,1-2H3,(H,19,20)/t11-/m0/s1. The fourth-order valence-corrected chi connectivity index (χ4v) is 2.28. The summed E-state index contributed by atoms with van der Waals surface area (Å²) in [7, 11) is 0. The summed E-state index contributed by atoms with van der Waals surface area (Å²) < 4.78 is 13.2. The van der Waals surface area contributed by atoms with Crippen molar-refractivity contribution in [2.24, 2.45) is 5.92 Å². The zero-order valence-corrected chi connectivity index (χ0v) is 11.1. The highest BCUT2D eigenvalue weighted by atomic mass is 19.1. The number of carboxylic acid groups (broad SMARTS) is 1. The molecule has 0 saturated carbocycles. The SMILES string of the molecule is CC(C)C[C@@H](C(=O)O)N1C(=O)c2ccc(F)cc2C1=O. The number of aliphatic carboxylic acids is 1. The van der Waals surface area contributed by atoms with Crippen LogP contribution in [0.4, 0.5) is 4.39 Å². The van der Waals surface area contributed by atoms with E-state index in [2.05, 4.69) is 0 Å². The molecule has 0 aromatic heterocycles. The van der Waals surface area contributed by atoms with E-state index in [0.29, 0.717) is 4.90 Å². The molecular weight excluding hydrogens is 265 g/mol. The molecule has 2 amide bonds. The van der Waals surface area contributed by atoms with Gasteiger partial charge in [-0.15, -0.1) is 0 Å². The Hall–Kier alpha value is -2.24. The van der Waals surface area contributed by atoms with Crippen LogP contribution in [0.25, 0.3) is 0 Å². The third-order valence-corrected chi connectivity index (χ3v) is 3.17. The average Bonchev–Trinajstić information content (AvgIpc) is 2.58. The van der Waals surface area contributed by atoms with Crippen LogP contribution in [0.3, 0.4) is 0 Å². The van der Waals surface area contributed by atoms with Gasteiger partial charge in [-0.25, -0.2) is 9.18 Å². The molecule has 1 aliphatic rings. The van der Waals surface area contributed by atoms with Gasteiger partial charge >= 0.3 is 5.97 Å². The first-order chi connectivity index (χ1) is 9.32. The van der Waals surface area contributed by atoms with Crippen molar-refractivity contribution in [1.82, 2.24) is 4.90 Å². The molecule has 0 saturated heterocycles. The Kier molecular flexibility index (Phi) is 3.57. The summed E-state index contributed by atoms with van der Waals surface area (Å²) in [6, 6.07) is 2.01. The Morgan fingerprint density at radius 2 is 1.85 bits per heavy atom. The van der Waals surface area contributed by atoms with E-state index in [0.717, 1.165) is 12.1 Å². The van der Waals surface area contributed by atoms with Gasteiger partial charge in [0.1, 0.15) is 11.9 Å². The molecule has 0 radical (unpaired) electrons. The Morgan fingerprint density at radius 3 is 2.40 bits per heavy atom. The van der Waals surface area contributed by atoms with Gasteiger partial charge in [0.25, 0.3) is 11.8 Å². The molecule has 5 nitrogen and oxygen atoms in total. The molecule has 0 unspecified atom stereocenters. The van der Waals surface area contributed by atoms with Crippen molar-refractivity contribution in [3.05, 3.63) is 35.1 Å². The van der Waals surface area contributed by atoms with Gasteiger partial charge in [-0.2, -0.15) is 0 Å². The number of hydrogen-bond acceptors (Lipinski definition) is 3. The van der Waals surface area contributed by atoms with Gasteiger partial charge < -0.3 is 5.11 Å². The number of imide groups is 1. The summed E-state index contributed by atoms with van der Waals surface area (Å²) in [6.45, 7) is 3.60. The van der Waals surface area contributed by atoms with Crippen molar-refractivity contribution < 1.29 is 23.9 Å². The van der Waals surface area contributed by atoms with E-state index in [1.807, 2.05) is 0 Å². The van der Waals surface area contributed by atoms with Crippen molar-refractivity contribution in [3.63, 3.8) is 0 Å². The van der Waals surface area contributed by atoms with Crippen molar-refractivity contribution in [2.75, 3.05) is 0 Å². The highest BCUT2D eigenvalue weighted by Crippen LogP contribution is 2.27. The topological polar surface area (TPSA) is 74.7 Å². The minimum absolute atomic E-state index is 0.00264. The van der Waals surface area contributed by atoms with Crippen molar-refractivity contribution in [1.29, 1.82) is 0 Å². The zero-order chi connectivity index (χ0) is 15.0. The Morgan fingerprint density at radius 1 is 1.25 bits per heavy atom. The molecule has 1 N–H and O–H groups in total. The molecule has 2 rings (SSSR count). The first kappa shape index (κ1) is 14.2. The van der Waals surface area contributed by atoms with Crippen LogP contribution in [0.15, 0.2) is 18.2 Å². The lowest BCUT2D eigenvalue weighted by atomic mass is 10.0. The van der Waals surface area contributed by atoms with Crippen molar-refractivity contribution >= 4 is 17.8 Å². The predicted octanol–water partition coefficient (Wildman–Crippen LogP) is 1.92. The predicted molar refractivity (Wildman–Crippen MR) is 67.8 cm³/mol. The molecule has 0 bridgehead atoms. The second kappa shape index (κ2) is 5.03. The molecule has 0 fully saturated rings. The summed E-state index contributed by atoms with van der Waals surface area (Å²) >= 11 is 0. The first-order valence-corrected chi connectivity index (χ1v) is 6.23. The molecule has 1 atom stereocenters. The highest BCUT2D eigenvalue weighted by molar-refractivity contribution is 6.22. The molecule has 1 heterocycles. The van der Waals surface area contributed by atoms with Gasteiger partial charge in [0.2, 0.25) is 0 Å². The Labute approximate surface area is 115 Å². The average molecular weight is 279 g/mol. The van der Waals surface area contributed by atoms with Crippen LogP contribution in [0, 0.1) is 11.7 Å². The molecular formula is C14H14FNO4. The van der Waals surface area contributed by atoms with Crippen LogP contribution in [0.1, 0.15) is 41.0 Å². The largest absolute Gasteiger partial charge is 0.480 e. The molecule has 1 aromatic carbocycles. The molecule has 6 heteroatoms. The van der Waals surface area contributed by atoms with E-state index in [4.69, 9.17) is 0 Å². The lowest BCUT2D eigenvalue weighted by Crippen LogP contribution is -2.45. The van der Waals surface area contributed by atoms with E-state index < -0.39 is 29.6 Å². The number of halogens is 1. The zero-order valence-electron chi connectivity index (χ0n) is 11.1. The fraction of sp³-hybridized carbons (Fsp3) is 0.357. The van der Waals surface area contributed by atoms with Gasteiger partial charge in [0.05, 0.1) is 11.1 Å². The second-order valence-corrected chi connectivity index (χ2v) is 5.15. The minimum Gasteiger partial charge on any atom is -0.480 e. The van der Waals surface area contributed by atoms with Crippen molar-refractivity contribution in [2.45, 2.75) is 26.3 Å². The van der Waals surface area contributed by atoms with Crippen LogP contribution >= 0.6 is 0 Å². The Balaban J connectivity index is 2.42. The summed E-state index contributed by atoms with van der Waals surface area (Å²) in [5, 5.41) is 9.23. The lowest BCUT2D eigenvalue weighted by Gasteiger charge is -2.23. The fourth-order valence-electron chi connectivity index (χ4n) is 2.28. The Bertz CT molecular complexity index is 597. The number of carbonyl (C=O) groups excluding carboxylic acids is 2. The third kappa shape index (κ3) is 2.29. The molecule has 106 valence electrons. The van der Waals surface area contributed by atoms with Crippen LogP contribution in [0.2, 0.25) is 0 Å². The normalized spacial score (nSPS) is 15.7. The number of benzene rings is 1. The van der Waals surface area contributed by atoms with E-state index >= 15 is 0 Å². The van der Waals surface area contributed by atoms with Crippen molar-refractivity contribution in [3.8, 4) is 0 Å². The van der Waals surface area contributed by atoms with E-state index in [1.165, 1.54) is 6.07 Å². The second-order valence-electron chi connectivity index (χ2n) is 5.15. The number of carboxylic acids is 1. The van der Waals surface area contributed by atoms with Gasteiger partial charge in [-0.3, -0.25) is 14.5 Å². The third-order valence-electron chi connectivity index (χ3n) is 3.17. The highest BCUT2D eigenvalue weighted by Gasteiger charge is 2.43. The molecule has 0 spiro atoms. The van der Waals surface area contributed by atoms with Crippen LogP contribution in [-0.2, 0) is 4.79 Å². The maximum absolute atomic E-state index is 13.2. The van der Waals surface area contributed by atoms with E-state index in [9.17, 15) is 23.9 Å². The smallest absolute Gasteiger partial charge is 0.326 e. The van der Waals surface area contributed by atoms with Gasteiger partial charge in [-0.05, 0) is 30.5 Å². The number of nitrogens with zero attached hydrogens (tertiary/aromatic N) is 1. The van der Waals surface area contributed by atoms with Gasteiger partial charge in [0.15, 0.2) is 0 Å². The number of rotatable bonds is 4. The molecule has 1 aliphatic heterocycles. The van der Waals surface area contributed by atoms with Crippen LogP contribution < -0.4 is 0 Å². The summed E-state index contributed by atoms with van der Waals surface area (Å²) in [5.74, 6) is -3.32. The number of fused-ring (bicyclic) bond motifs is 1. The number of amides is 2. The minimum atomic E-state index is -1.24. The quantitative estimate of drug-likeness (QED) is 0.854. The van der Waals surface area contributed by atoms with Crippen LogP contribution in [0.5, 0.6) is 0 Å². The monoisotopic (exact) mass is 279 g/mol. The maximum Gasteiger partial charge on any atom is 0.326 e. The van der Waals surface area contributed by atoms with Gasteiger partial charge in [-0.1, -0.05) is 13.8 Å². The lowest BCUT2D eigenvalue weighted by molar-refractivity contribution is -0.142. The molecule has 1 aromatic rings. The maximum atomic E-state index is 13.2. The van der Waals surface area contributed by atoms with Crippen LogP contribution in [-0.4, -0.2) is 33.8 Å². The molecule has 0 aliphatic carbocycles. The number of hydrogen-bond donors (Lipinski definition) is 1. The van der Waals surface area contributed by atoms with Gasteiger partial charge in [0, 0.05) is 0 Å². The summed E-state index contributed by atoms with van der Waals surface area (Å²) in [5.41, 5.74) is -0.0311. The number of carbonyl (C=O) groups is 3. The summed E-state index contributed by atoms with van der Waals surface area (Å²) in [4.78, 5) is 36.4. The van der Waals surface area contributed by atoms with E-state index in [1.54, 1.807) is 13.8 Å². The first-order valence-electron chi connectivity index (χ1n) is 6.23.